The van der Waals surface area contributed by atoms with E-state index in [0.717, 1.165) is 19.0 Å². The van der Waals surface area contributed by atoms with Gasteiger partial charge in [0.25, 0.3) is 5.91 Å². The predicted octanol–water partition coefficient (Wildman–Crippen LogP) is 4.60. The number of aliphatic imine (C=N–C) groups is 1. The molecule has 3 aliphatic rings. The molecule has 2 aliphatic heterocycles. The lowest BCUT2D eigenvalue weighted by molar-refractivity contribution is -0.134. The maximum Gasteiger partial charge on any atom is 0.412 e. The molecular formula is C28H29ClF2N4O4. The highest BCUT2D eigenvalue weighted by Crippen LogP contribution is 2.46. The zero-order valence-electron chi connectivity index (χ0n) is 21.1. The Morgan fingerprint density at radius 3 is 2.69 bits per heavy atom. The third-order valence-electron chi connectivity index (χ3n) is 7.66. The number of nitrogens with one attached hydrogen (secondary N) is 1. The number of hydrogen-bond donors (Lipinski definition) is 3. The molecule has 0 aromatic heterocycles. The maximum atomic E-state index is 15.2. The minimum absolute atomic E-state index is 0.0508. The first kappa shape index (κ1) is 27.1. The Morgan fingerprint density at radius 1 is 1.28 bits per heavy atom. The molecule has 206 valence electrons. The number of nitrogens with two attached hydrogens (primary N) is 1. The molecule has 1 saturated heterocycles. The number of nitrogens with zero attached hydrogens (tertiary/aromatic N) is 2. The van der Waals surface area contributed by atoms with E-state index >= 15 is 4.39 Å². The van der Waals surface area contributed by atoms with E-state index in [4.69, 9.17) is 22.1 Å². The van der Waals surface area contributed by atoms with E-state index in [1.54, 1.807) is 12.1 Å². The van der Waals surface area contributed by atoms with Crippen LogP contribution in [-0.4, -0.2) is 47.9 Å². The average molecular weight is 559 g/mol. The Balaban J connectivity index is 1.43. The summed E-state index contributed by atoms with van der Waals surface area (Å²) < 4.78 is 34.4. The molecule has 4 N–H and O–H groups in total. The number of benzene rings is 2. The number of ether oxygens (including phenoxy) is 1. The maximum absolute atomic E-state index is 15.2. The van der Waals surface area contributed by atoms with Crippen molar-refractivity contribution in [3.05, 3.63) is 76.0 Å². The number of fused-ring (bicyclic) bond motifs is 2. The van der Waals surface area contributed by atoms with Crippen molar-refractivity contribution in [3.63, 3.8) is 0 Å². The van der Waals surface area contributed by atoms with Crippen LogP contribution in [0.1, 0.15) is 43.2 Å². The van der Waals surface area contributed by atoms with Gasteiger partial charge >= 0.3 is 6.09 Å². The van der Waals surface area contributed by atoms with Crippen LogP contribution >= 0.6 is 11.6 Å². The molecule has 2 fully saturated rings. The van der Waals surface area contributed by atoms with Crippen molar-refractivity contribution < 1.29 is 28.2 Å². The first-order chi connectivity index (χ1) is 18.7. The standard InChI is InChI=1S/C28H29ClF2N4O4/c29-21-8-9-22-23(24(21)31)28(39-26(38)34-22)10-1-11-35(15-28)25(37)18(13-32)14-33-27(16-36,12-17-2-3-17)19-4-6-20(30)7-5-19/h4-9,13-14,17,36H,1-3,10-12,15-16,32H2,(H,34,38)/t27-,28-/m0/s1. The van der Waals surface area contributed by atoms with Crippen molar-refractivity contribution in [2.75, 3.05) is 25.0 Å². The Bertz CT molecular complexity index is 1350. The van der Waals surface area contributed by atoms with Gasteiger partial charge in [-0.2, -0.15) is 0 Å². The molecule has 5 rings (SSSR count). The van der Waals surface area contributed by atoms with Crippen LogP contribution in [0.15, 0.2) is 53.2 Å². The van der Waals surface area contributed by atoms with Gasteiger partial charge in [0.1, 0.15) is 11.4 Å². The molecular weight excluding hydrogens is 530 g/mol. The topological polar surface area (TPSA) is 117 Å². The second-order valence-corrected chi connectivity index (χ2v) is 10.8. The average Bonchev–Trinajstić information content (AvgIpc) is 3.74. The Morgan fingerprint density at radius 2 is 2.03 bits per heavy atom. The number of likely N-dealkylation sites (tertiary alicyclic amines) is 1. The van der Waals surface area contributed by atoms with Crippen LogP contribution in [0.25, 0.3) is 0 Å². The summed E-state index contributed by atoms with van der Waals surface area (Å²) in [6.07, 6.45) is 4.96. The SMILES string of the molecule is NC=C(C=N[C@](CO)(CC1CC1)c1ccc(F)cc1)C(=O)N1CCC[C@@]2(C1)OC(=O)Nc1ccc(Cl)c(F)c12. The number of hydrogen-bond acceptors (Lipinski definition) is 6. The fourth-order valence-corrected chi connectivity index (χ4v) is 5.65. The number of carbonyl (C=O) groups is 2. The fraction of sp³-hybridized carbons (Fsp3) is 0.393. The van der Waals surface area contributed by atoms with E-state index in [1.165, 1.54) is 35.4 Å². The van der Waals surface area contributed by atoms with Gasteiger partial charge in [-0.3, -0.25) is 15.1 Å². The molecule has 1 aliphatic carbocycles. The number of anilines is 1. The second kappa shape index (κ2) is 10.6. The molecule has 8 nitrogen and oxygen atoms in total. The van der Waals surface area contributed by atoms with Crippen LogP contribution in [0.2, 0.25) is 5.02 Å². The van der Waals surface area contributed by atoms with E-state index in [2.05, 4.69) is 10.3 Å². The molecule has 2 aromatic rings. The zero-order valence-corrected chi connectivity index (χ0v) is 21.9. The van der Waals surface area contributed by atoms with Crippen LogP contribution in [0.5, 0.6) is 0 Å². The highest BCUT2D eigenvalue weighted by molar-refractivity contribution is 6.31. The van der Waals surface area contributed by atoms with Crippen LogP contribution in [-0.2, 0) is 20.7 Å². The summed E-state index contributed by atoms with van der Waals surface area (Å²) in [5.41, 5.74) is 4.37. The van der Waals surface area contributed by atoms with Gasteiger partial charge in [0.2, 0.25) is 0 Å². The van der Waals surface area contributed by atoms with Gasteiger partial charge in [-0.25, -0.2) is 13.6 Å². The quantitative estimate of drug-likeness (QED) is 0.339. The largest absolute Gasteiger partial charge is 0.436 e. The van der Waals surface area contributed by atoms with E-state index in [-0.39, 0.29) is 35.0 Å². The first-order valence-electron chi connectivity index (χ1n) is 12.8. The van der Waals surface area contributed by atoms with Crippen molar-refractivity contribution in [2.45, 2.75) is 43.2 Å². The number of aliphatic hydroxyl groups excluding tert-OH is 1. The van der Waals surface area contributed by atoms with Gasteiger partial charge in [0.15, 0.2) is 11.4 Å². The molecule has 2 heterocycles. The lowest BCUT2D eigenvalue weighted by atomic mass is 9.83. The number of carbonyl (C=O) groups excluding carboxylic acids is 2. The summed E-state index contributed by atoms with van der Waals surface area (Å²) in [6, 6.07) is 8.63. The Labute approximate surface area is 229 Å². The van der Waals surface area contributed by atoms with E-state index < -0.39 is 34.8 Å². The summed E-state index contributed by atoms with van der Waals surface area (Å²) >= 11 is 6.05. The minimum Gasteiger partial charge on any atom is -0.436 e. The van der Waals surface area contributed by atoms with E-state index in [1.807, 2.05) is 0 Å². The number of aliphatic hydroxyl groups is 1. The third-order valence-corrected chi connectivity index (χ3v) is 7.95. The summed E-state index contributed by atoms with van der Waals surface area (Å²) in [5.74, 6) is -1.25. The zero-order chi connectivity index (χ0) is 27.8. The lowest BCUT2D eigenvalue weighted by Gasteiger charge is -2.45. The Hall–Kier alpha value is -3.50. The number of amides is 2. The smallest absolute Gasteiger partial charge is 0.412 e. The van der Waals surface area contributed by atoms with Crippen molar-refractivity contribution in [3.8, 4) is 0 Å². The van der Waals surface area contributed by atoms with Gasteiger partial charge in [-0.05, 0) is 55.0 Å². The van der Waals surface area contributed by atoms with Gasteiger partial charge < -0.3 is 20.5 Å². The summed E-state index contributed by atoms with van der Waals surface area (Å²) in [4.78, 5) is 32.1. The molecule has 0 bridgehead atoms. The van der Waals surface area contributed by atoms with Gasteiger partial charge in [-0.15, -0.1) is 0 Å². The predicted molar refractivity (Wildman–Crippen MR) is 142 cm³/mol. The first-order valence-corrected chi connectivity index (χ1v) is 13.2. The summed E-state index contributed by atoms with van der Waals surface area (Å²) in [6.45, 7) is -0.135. The van der Waals surface area contributed by atoms with Gasteiger partial charge in [-0.1, -0.05) is 36.6 Å². The van der Waals surface area contributed by atoms with E-state index in [0.29, 0.717) is 37.3 Å². The monoisotopic (exact) mass is 558 g/mol. The van der Waals surface area contributed by atoms with Crippen molar-refractivity contribution in [1.82, 2.24) is 4.90 Å². The normalized spacial score (nSPS) is 22.8. The van der Waals surface area contributed by atoms with Gasteiger partial charge in [0, 0.05) is 19.0 Å². The van der Waals surface area contributed by atoms with Crippen LogP contribution < -0.4 is 11.1 Å². The van der Waals surface area contributed by atoms with Crippen LogP contribution in [0, 0.1) is 17.6 Å². The molecule has 39 heavy (non-hydrogen) atoms. The third kappa shape index (κ3) is 5.23. The van der Waals surface area contributed by atoms with Crippen LogP contribution in [0.4, 0.5) is 19.3 Å². The Kier molecular flexibility index (Phi) is 7.35. The molecule has 1 saturated carbocycles. The van der Waals surface area contributed by atoms with E-state index in [9.17, 15) is 19.1 Å². The minimum atomic E-state index is -1.42. The highest BCUT2D eigenvalue weighted by Gasteiger charge is 2.49. The summed E-state index contributed by atoms with van der Waals surface area (Å²) in [5, 5.41) is 12.8. The molecule has 11 heteroatoms. The van der Waals surface area contributed by atoms with Crippen LogP contribution in [0.3, 0.4) is 0 Å². The molecule has 0 unspecified atom stereocenters. The number of rotatable bonds is 7. The molecule has 2 amide bonds. The second-order valence-electron chi connectivity index (χ2n) is 10.3. The fourth-order valence-electron chi connectivity index (χ4n) is 5.49. The molecule has 2 aromatic carbocycles. The van der Waals surface area contributed by atoms with Gasteiger partial charge in [0.05, 0.1) is 35.0 Å². The molecule has 0 radical (unpaired) electrons. The number of piperidine rings is 1. The number of halogens is 3. The molecule has 2 atom stereocenters. The lowest BCUT2D eigenvalue weighted by Crippen LogP contribution is -2.54. The van der Waals surface area contributed by atoms with Crippen molar-refractivity contribution in [1.29, 1.82) is 0 Å². The summed E-state index contributed by atoms with van der Waals surface area (Å²) in [7, 11) is 0. The van der Waals surface area contributed by atoms with Crippen molar-refractivity contribution in [2.24, 2.45) is 16.6 Å². The molecule has 1 spiro atoms. The van der Waals surface area contributed by atoms with Crippen molar-refractivity contribution >= 4 is 35.5 Å². The highest BCUT2D eigenvalue weighted by atomic mass is 35.5.